The van der Waals surface area contributed by atoms with Gasteiger partial charge in [0.1, 0.15) is 24.3 Å². The van der Waals surface area contributed by atoms with Crippen LogP contribution >= 0.6 is 22.6 Å². The van der Waals surface area contributed by atoms with Crippen molar-refractivity contribution in [3.05, 3.63) is 91.1 Å². The number of nitro benzene ring substituents is 1. The van der Waals surface area contributed by atoms with Crippen LogP contribution in [-0.2, 0) is 6.61 Å². The van der Waals surface area contributed by atoms with Gasteiger partial charge < -0.3 is 14.5 Å². The van der Waals surface area contributed by atoms with Gasteiger partial charge in [-0.15, -0.1) is 0 Å². The Morgan fingerprint density at radius 1 is 1.26 bits per heavy atom. The van der Waals surface area contributed by atoms with Crippen molar-refractivity contribution in [2.75, 3.05) is 7.11 Å². The molecule has 0 saturated carbocycles. The van der Waals surface area contributed by atoms with Crippen LogP contribution in [0.15, 0.2) is 54.6 Å². The average Bonchev–Trinajstić information content (AvgIpc) is 3.24. The van der Waals surface area contributed by atoms with E-state index >= 15 is 0 Å². The Bertz CT molecular complexity index is 1460. The third-order valence-electron chi connectivity index (χ3n) is 4.91. The van der Waals surface area contributed by atoms with E-state index in [-0.39, 0.29) is 17.9 Å². The van der Waals surface area contributed by atoms with Crippen molar-refractivity contribution in [1.29, 1.82) is 5.26 Å². The lowest BCUT2D eigenvalue weighted by Gasteiger charge is -2.14. The van der Waals surface area contributed by atoms with Gasteiger partial charge in [-0.25, -0.2) is 9.37 Å². The number of imidazole rings is 1. The van der Waals surface area contributed by atoms with E-state index in [1.54, 1.807) is 30.3 Å². The van der Waals surface area contributed by atoms with Crippen molar-refractivity contribution in [2.45, 2.75) is 6.61 Å². The number of methoxy groups -OCH3 is 1. The predicted octanol–water partition coefficient (Wildman–Crippen LogP) is 5.87. The molecule has 0 unspecified atom stereocenters. The molecule has 0 aliphatic heterocycles. The first-order valence-electron chi connectivity index (χ1n) is 9.89. The molecule has 170 valence electrons. The minimum atomic E-state index is -0.456. The molecule has 4 rings (SSSR count). The van der Waals surface area contributed by atoms with Crippen LogP contribution in [-0.4, -0.2) is 22.0 Å². The number of fused-ring (bicyclic) bond motifs is 1. The average molecular weight is 570 g/mol. The lowest BCUT2D eigenvalue weighted by Crippen LogP contribution is -2.00. The first-order valence-corrected chi connectivity index (χ1v) is 11.0. The highest BCUT2D eigenvalue weighted by Crippen LogP contribution is 2.35. The van der Waals surface area contributed by atoms with Crippen LogP contribution in [0.25, 0.3) is 22.7 Å². The molecule has 0 atom stereocenters. The maximum Gasteiger partial charge on any atom is 0.269 e. The third-order valence-corrected chi connectivity index (χ3v) is 5.71. The summed E-state index contributed by atoms with van der Waals surface area (Å²) >= 11 is 2.11. The Morgan fingerprint density at radius 3 is 2.71 bits per heavy atom. The first kappa shape index (κ1) is 23.2. The van der Waals surface area contributed by atoms with Gasteiger partial charge in [0.05, 0.1) is 32.2 Å². The van der Waals surface area contributed by atoms with Crippen LogP contribution in [0, 0.1) is 30.8 Å². The van der Waals surface area contributed by atoms with E-state index in [1.165, 1.54) is 31.4 Å². The quantitative estimate of drug-likeness (QED) is 0.129. The van der Waals surface area contributed by atoms with Gasteiger partial charge >= 0.3 is 0 Å². The van der Waals surface area contributed by atoms with Crippen LogP contribution < -0.4 is 9.47 Å². The van der Waals surface area contributed by atoms with E-state index in [9.17, 15) is 19.8 Å². The number of hydrogen-bond acceptors (Lipinski definition) is 6. The van der Waals surface area contributed by atoms with Crippen LogP contribution in [0.5, 0.6) is 11.5 Å². The van der Waals surface area contributed by atoms with Gasteiger partial charge in [-0.2, -0.15) is 5.26 Å². The molecule has 4 aromatic rings. The monoisotopic (exact) mass is 570 g/mol. The number of rotatable bonds is 7. The van der Waals surface area contributed by atoms with Crippen molar-refractivity contribution in [2.24, 2.45) is 0 Å². The Kier molecular flexibility index (Phi) is 6.74. The smallest absolute Gasteiger partial charge is 0.269 e. The minimum Gasteiger partial charge on any atom is -0.493 e. The molecule has 0 amide bonds. The fourth-order valence-corrected chi connectivity index (χ4v) is 4.04. The van der Waals surface area contributed by atoms with Crippen molar-refractivity contribution in [1.82, 2.24) is 9.97 Å². The van der Waals surface area contributed by atoms with Crippen molar-refractivity contribution in [3.8, 4) is 17.6 Å². The van der Waals surface area contributed by atoms with E-state index in [4.69, 9.17) is 9.47 Å². The zero-order valence-electron chi connectivity index (χ0n) is 17.7. The van der Waals surface area contributed by atoms with Gasteiger partial charge in [0, 0.05) is 12.1 Å². The van der Waals surface area contributed by atoms with Gasteiger partial charge in [0.25, 0.3) is 5.69 Å². The predicted molar refractivity (Wildman–Crippen MR) is 133 cm³/mol. The molecular weight excluding hydrogens is 554 g/mol. The van der Waals surface area contributed by atoms with E-state index < -0.39 is 10.7 Å². The number of H-pyrrole nitrogens is 1. The summed E-state index contributed by atoms with van der Waals surface area (Å²) in [6.45, 7) is 0.193. The summed E-state index contributed by atoms with van der Waals surface area (Å²) in [5.74, 6) is 0.907. The van der Waals surface area contributed by atoms with Crippen LogP contribution in [0.2, 0.25) is 0 Å². The maximum atomic E-state index is 13.5. The lowest BCUT2D eigenvalue weighted by atomic mass is 10.1. The summed E-state index contributed by atoms with van der Waals surface area (Å²) in [6.07, 6.45) is 1.65. The summed E-state index contributed by atoms with van der Waals surface area (Å²) in [5, 5.41) is 20.5. The number of aromatic nitrogens is 2. The molecule has 0 saturated heterocycles. The fourth-order valence-electron chi connectivity index (χ4n) is 3.26. The van der Waals surface area contributed by atoms with Gasteiger partial charge in [-0.3, -0.25) is 10.1 Å². The van der Waals surface area contributed by atoms with E-state index in [2.05, 4.69) is 38.6 Å². The molecule has 0 bridgehead atoms. The number of hydrogen-bond donors (Lipinski definition) is 1. The number of benzene rings is 3. The SMILES string of the molecule is COc1cc(/C=C(/C#N)c2nc3ccc(F)cc3[nH]2)cc(I)c1OCc1ccc([N+](=O)[O-])cc1. The zero-order valence-corrected chi connectivity index (χ0v) is 19.9. The minimum absolute atomic E-state index is 0.00920. The highest BCUT2D eigenvalue weighted by Gasteiger charge is 2.14. The van der Waals surface area contributed by atoms with Crippen molar-refractivity contribution >= 4 is 51.0 Å². The molecule has 0 aliphatic carbocycles. The van der Waals surface area contributed by atoms with Crippen molar-refractivity contribution in [3.63, 3.8) is 0 Å². The van der Waals surface area contributed by atoms with Gasteiger partial charge in [0.2, 0.25) is 0 Å². The number of nitriles is 1. The highest BCUT2D eigenvalue weighted by molar-refractivity contribution is 14.1. The molecule has 1 heterocycles. The van der Waals surface area contributed by atoms with E-state index in [0.717, 1.165) is 9.13 Å². The number of allylic oxidation sites excluding steroid dienone is 1. The van der Waals surface area contributed by atoms with Crippen molar-refractivity contribution < 1.29 is 18.8 Å². The zero-order chi connectivity index (χ0) is 24.2. The molecule has 0 fully saturated rings. The Balaban J connectivity index is 1.60. The summed E-state index contributed by atoms with van der Waals surface area (Å²) in [4.78, 5) is 17.7. The van der Waals surface area contributed by atoms with Crippen LogP contribution in [0.3, 0.4) is 0 Å². The fraction of sp³-hybridized carbons (Fsp3) is 0.0833. The molecule has 0 aliphatic rings. The molecule has 8 nitrogen and oxygen atoms in total. The van der Waals surface area contributed by atoms with Crippen LogP contribution in [0.4, 0.5) is 10.1 Å². The second kappa shape index (κ2) is 9.88. The summed E-state index contributed by atoms with van der Waals surface area (Å²) in [6, 6.07) is 16.0. The Hall–Kier alpha value is -3.98. The van der Waals surface area contributed by atoms with Gasteiger partial charge in [0.15, 0.2) is 11.5 Å². The lowest BCUT2D eigenvalue weighted by molar-refractivity contribution is -0.384. The highest BCUT2D eigenvalue weighted by atomic mass is 127. The molecule has 1 aromatic heterocycles. The Morgan fingerprint density at radius 2 is 2.03 bits per heavy atom. The number of aromatic amines is 1. The number of ether oxygens (including phenoxy) is 2. The van der Waals surface area contributed by atoms with E-state index in [1.807, 2.05) is 6.07 Å². The van der Waals surface area contributed by atoms with Crippen LogP contribution in [0.1, 0.15) is 17.0 Å². The first-order chi connectivity index (χ1) is 16.4. The molecule has 34 heavy (non-hydrogen) atoms. The molecule has 0 spiro atoms. The molecule has 3 aromatic carbocycles. The molecule has 1 N–H and O–H groups in total. The second-order valence-electron chi connectivity index (χ2n) is 7.16. The normalized spacial score (nSPS) is 11.3. The number of halogens is 2. The maximum absolute atomic E-state index is 13.5. The summed E-state index contributed by atoms with van der Waals surface area (Å²) < 4.78 is 25.6. The summed E-state index contributed by atoms with van der Waals surface area (Å²) in [5.41, 5.74) is 2.79. The largest absolute Gasteiger partial charge is 0.493 e. The molecule has 10 heteroatoms. The number of nitro groups is 1. The second-order valence-corrected chi connectivity index (χ2v) is 8.33. The standard InChI is InChI=1S/C24H16FIN4O4/c1-33-22-10-15(8-16(12-27)24-28-20-7-4-17(25)11-21(20)29-24)9-19(26)23(22)34-13-14-2-5-18(6-3-14)30(31)32/h2-11H,13H2,1H3,(H,28,29)/b16-8-. The number of non-ortho nitro benzene ring substituents is 1. The topological polar surface area (TPSA) is 114 Å². The number of nitrogens with zero attached hydrogens (tertiary/aromatic N) is 3. The van der Waals surface area contributed by atoms with Gasteiger partial charge in [-0.1, -0.05) is 0 Å². The third kappa shape index (κ3) is 4.99. The summed E-state index contributed by atoms with van der Waals surface area (Å²) in [7, 11) is 1.51. The van der Waals surface area contributed by atoms with Gasteiger partial charge in [-0.05, 0) is 82.3 Å². The Labute approximate surface area is 206 Å². The molecule has 0 radical (unpaired) electrons. The number of nitrogens with one attached hydrogen (secondary N) is 1. The van der Waals surface area contributed by atoms with E-state index in [0.29, 0.717) is 33.9 Å². The molecular formula is C24H16FIN4O4.